The lowest BCUT2D eigenvalue weighted by Gasteiger charge is -2.22. The van der Waals surface area contributed by atoms with Crippen LogP contribution in [0, 0.1) is 11.8 Å². The number of carbonyl (C=O) groups excluding carboxylic acids is 2. The van der Waals surface area contributed by atoms with Crippen LogP contribution >= 0.6 is 11.3 Å². The number of hydrogen-bond donors (Lipinski definition) is 0. The summed E-state index contributed by atoms with van der Waals surface area (Å²) in [6, 6.07) is 2.14. The molecule has 3 heterocycles. The van der Waals surface area contributed by atoms with Crippen LogP contribution in [0.4, 0.5) is 0 Å². The summed E-state index contributed by atoms with van der Waals surface area (Å²) in [5.74, 6) is 0.617. The topological polar surface area (TPSA) is 43.9 Å². The molecule has 0 unspecified atom stereocenters. The second-order valence-electron chi connectivity index (χ2n) is 6.20. The molecule has 0 aliphatic carbocycles. The van der Waals surface area contributed by atoms with E-state index >= 15 is 0 Å². The van der Waals surface area contributed by atoms with Crippen LogP contribution in [0.15, 0.2) is 16.8 Å². The second kappa shape index (κ2) is 5.77. The molecule has 114 valence electrons. The number of hydrogen-bond acceptors (Lipinski definition) is 4. The Morgan fingerprint density at radius 3 is 2.81 bits per heavy atom. The summed E-state index contributed by atoms with van der Waals surface area (Å²) in [5.41, 5.74) is 1.33. The molecule has 2 saturated heterocycles. The molecule has 1 aromatic heterocycles. The number of amides is 2. The van der Waals surface area contributed by atoms with E-state index in [-0.39, 0.29) is 24.3 Å². The van der Waals surface area contributed by atoms with E-state index in [0.717, 1.165) is 26.2 Å². The highest BCUT2D eigenvalue weighted by atomic mass is 32.1. The van der Waals surface area contributed by atoms with Crippen molar-refractivity contribution in [2.24, 2.45) is 11.8 Å². The smallest absolute Gasteiger partial charge is 0.241 e. The number of likely N-dealkylation sites (tertiary alicyclic amines) is 2. The maximum absolute atomic E-state index is 12.4. The van der Waals surface area contributed by atoms with Gasteiger partial charge in [-0.15, -0.1) is 0 Å². The maximum Gasteiger partial charge on any atom is 0.241 e. The third-order valence-electron chi connectivity index (χ3n) is 4.41. The van der Waals surface area contributed by atoms with Gasteiger partial charge in [-0.25, -0.2) is 0 Å². The number of thiophene rings is 1. The monoisotopic (exact) mass is 307 g/mol. The average Bonchev–Trinajstić information content (AvgIpc) is 3.11. The van der Waals surface area contributed by atoms with Gasteiger partial charge in [0.25, 0.3) is 0 Å². The van der Waals surface area contributed by atoms with Crippen LogP contribution in [-0.4, -0.2) is 66.8 Å². The molecule has 2 amide bonds. The average molecular weight is 307 g/mol. The van der Waals surface area contributed by atoms with E-state index in [1.165, 1.54) is 5.56 Å². The summed E-state index contributed by atoms with van der Waals surface area (Å²) < 4.78 is 0. The Labute approximate surface area is 129 Å². The SMILES string of the molecule is CN(C)C(=O)CN1C[C@@H]2CN(Cc3ccsc3)C[C@@H]2C1=O. The van der Waals surface area contributed by atoms with E-state index in [1.807, 2.05) is 0 Å². The largest absolute Gasteiger partial charge is 0.347 e. The van der Waals surface area contributed by atoms with Gasteiger partial charge in [0.1, 0.15) is 0 Å². The Kier molecular flexibility index (Phi) is 3.99. The molecule has 0 spiro atoms. The van der Waals surface area contributed by atoms with E-state index in [1.54, 1.807) is 35.2 Å². The first-order chi connectivity index (χ1) is 10.0. The van der Waals surface area contributed by atoms with Crippen molar-refractivity contribution in [3.8, 4) is 0 Å². The highest BCUT2D eigenvalue weighted by Gasteiger charge is 2.46. The molecule has 2 atom stereocenters. The van der Waals surface area contributed by atoms with Gasteiger partial charge in [0.2, 0.25) is 11.8 Å². The van der Waals surface area contributed by atoms with Crippen molar-refractivity contribution in [3.05, 3.63) is 22.4 Å². The summed E-state index contributed by atoms with van der Waals surface area (Å²) in [4.78, 5) is 29.8. The summed E-state index contributed by atoms with van der Waals surface area (Å²) in [6.07, 6.45) is 0. The first-order valence-electron chi connectivity index (χ1n) is 7.27. The van der Waals surface area contributed by atoms with E-state index in [0.29, 0.717) is 5.92 Å². The van der Waals surface area contributed by atoms with Gasteiger partial charge in [-0.2, -0.15) is 11.3 Å². The molecule has 2 fully saturated rings. The first-order valence-corrected chi connectivity index (χ1v) is 8.21. The van der Waals surface area contributed by atoms with Crippen molar-refractivity contribution in [3.63, 3.8) is 0 Å². The van der Waals surface area contributed by atoms with E-state index in [4.69, 9.17) is 0 Å². The molecule has 0 bridgehead atoms. The lowest BCUT2D eigenvalue weighted by atomic mass is 10.0. The van der Waals surface area contributed by atoms with Crippen molar-refractivity contribution in [2.75, 3.05) is 40.3 Å². The highest BCUT2D eigenvalue weighted by Crippen LogP contribution is 2.33. The van der Waals surface area contributed by atoms with Gasteiger partial charge in [-0.05, 0) is 22.4 Å². The van der Waals surface area contributed by atoms with Crippen LogP contribution in [-0.2, 0) is 16.1 Å². The zero-order valence-electron chi connectivity index (χ0n) is 12.5. The van der Waals surface area contributed by atoms with Crippen molar-refractivity contribution < 1.29 is 9.59 Å². The fourth-order valence-electron chi connectivity index (χ4n) is 3.25. The molecule has 21 heavy (non-hydrogen) atoms. The molecular weight excluding hydrogens is 286 g/mol. The van der Waals surface area contributed by atoms with Gasteiger partial charge in [-0.3, -0.25) is 14.5 Å². The standard InChI is InChI=1S/C15H21N3O2S/c1-16(2)14(19)9-18-7-12-6-17(8-13(12)15(18)20)5-11-3-4-21-10-11/h3-4,10,12-13H,5-9H2,1-2H3/t12-,13-/m0/s1. The van der Waals surface area contributed by atoms with Crippen molar-refractivity contribution in [1.29, 1.82) is 0 Å². The van der Waals surface area contributed by atoms with Crippen LogP contribution in [0.2, 0.25) is 0 Å². The third-order valence-corrected chi connectivity index (χ3v) is 5.14. The highest BCUT2D eigenvalue weighted by molar-refractivity contribution is 7.07. The Balaban J connectivity index is 1.56. The number of rotatable bonds is 4. The Bertz CT molecular complexity index is 529. The van der Waals surface area contributed by atoms with Crippen LogP contribution in [0.1, 0.15) is 5.56 Å². The Morgan fingerprint density at radius 1 is 1.38 bits per heavy atom. The second-order valence-corrected chi connectivity index (χ2v) is 6.98. The molecule has 0 aromatic carbocycles. The number of fused-ring (bicyclic) bond motifs is 1. The minimum Gasteiger partial charge on any atom is -0.347 e. The third kappa shape index (κ3) is 2.96. The maximum atomic E-state index is 12.4. The fraction of sp³-hybridized carbons (Fsp3) is 0.600. The van der Waals surface area contributed by atoms with Crippen LogP contribution in [0.5, 0.6) is 0 Å². The zero-order chi connectivity index (χ0) is 15.0. The Hall–Kier alpha value is -1.40. The van der Waals surface area contributed by atoms with Crippen LogP contribution in [0.3, 0.4) is 0 Å². The zero-order valence-corrected chi connectivity index (χ0v) is 13.3. The van der Waals surface area contributed by atoms with E-state index in [9.17, 15) is 9.59 Å². The summed E-state index contributed by atoms with van der Waals surface area (Å²) >= 11 is 1.71. The molecule has 2 aliphatic heterocycles. The predicted molar refractivity (Wildman–Crippen MR) is 81.9 cm³/mol. The Morgan fingerprint density at radius 2 is 2.19 bits per heavy atom. The van der Waals surface area contributed by atoms with E-state index < -0.39 is 0 Å². The minimum absolute atomic E-state index is 0.00143. The molecular formula is C15H21N3O2S. The molecule has 6 heteroatoms. The molecule has 0 saturated carbocycles. The van der Waals surface area contributed by atoms with Gasteiger partial charge < -0.3 is 9.80 Å². The quantitative estimate of drug-likeness (QED) is 0.823. The number of likely N-dealkylation sites (N-methyl/N-ethyl adjacent to an activating group) is 1. The number of nitrogens with zero attached hydrogens (tertiary/aromatic N) is 3. The molecule has 2 aliphatic rings. The summed E-state index contributed by atoms with van der Waals surface area (Å²) in [6.45, 7) is 3.66. The lowest BCUT2D eigenvalue weighted by Crippen LogP contribution is -2.40. The lowest BCUT2D eigenvalue weighted by molar-refractivity contribution is -0.138. The number of carbonyl (C=O) groups is 2. The van der Waals surface area contributed by atoms with E-state index in [2.05, 4.69) is 21.7 Å². The van der Waals surface area contributed by atoms with Gasteiger partial charge in [0.15, 0.2) is 0 Å². The molecule has 1 aromatic rings. The molecule has 0 N–H and O–H groups in total. The van der Waals surface area contributed by atoms with Crippen LogP contribution < -0.4 is 0 Å². The summed E-state index contributed by atoms with van der Waals surface area (Å²) in [7, 11) is 3.46. The van der Waals surface area contributed by atoms with Crippen molar-refractivity contribution >= 4 is 23.2 Å². The van der Waals surface area contributed by atoms with Gasteiger partial charge in [0.05, 0.1) is 12.5 Å². The van der Waals surface area contributed by atoms with Crippen LogP contribution in [0.25, 0.3) is 0 Å². The normalized spacial score (nSPS) is 25.4. The predicted octanol–water partition coefficient (Wildman–Crippen LogP) is 0.727. The fourth-order valence-corrected chi connectivity index (χ4v) is 3.91. The minimum atomic E-state index is -0.00143. The molecule has 0 radical (unpaired) electrons. The molecule has 3 rings (SSSR count). The van der Waals surface area contributed by atoms with Crippen molar-refractivity contribution in [2.45, 2.75) is 6.54 Å². The van der Waals surface area contributed by atoms with Crippen molar-refractivity contribution in [1.82, 2.24) is 14.7 Å². The summed E-state index contributed by atoms with van der Waals surface area (Å²) in [5, 5.41) is 4.25. The van der Waals surface area contributed by atoms with Gasteiger partial charge in [-0.1, -0.05) is 0 Å². The first kappa shape index (κ1) is 14.5. The van der Waals surface area contributed by atoms with Gasteiger partial charge >= 0.3 is 0 Å². The molecule has 5 nitrogen and oxygen atoms in total. The van der Waals surface area contributed by atoms with Gasteiger partial charge in [0, 0.05) is 46.2 Å².